The summed E-state index contributed by atoms with van der Waals surface area (Å²) in [5.41, 5.74) is 5.36. The smallest absolute Gasteiger partial charge is 0.294 e. The van der Waals surface area contributed by atoms with Crippen LogP contribution >= 0.6 is 0 Å². The van der Waals surface area contributed by atoms with E-state index in [1.165, 1.54) is 0 Å². The molecule has 0 aliphatic carbocycles. The number of amides is 1. The van der Waals surface area contributed by atoms with Gasteiger partial charge in [-0.25, -0.2) is 0 Å². The van der Waals surface area contributed by atoms with Gasteiger partial charge in [-0.2, -0.15) is 0 Å². The van der Waals surface area contributed by atoms with Crippen molar-refractivity contribution in [3.8, 4) is 0 Å². The molecule has 0 rings (SSSR count). The molecule has 0 aliphatic heterocycles. The Kier molecular flexibility index (Phi) is 6.40. The van der Waals surface area contributed by atoms with Crippen LogP contribution in [0.2, 0.25) is 0 Å². The lowest BCUT2D eigenvalue weighted by Crippen LogP contribution is -2.34. The number of nitrogens with zero attached hydrogens (tertiary/aromatic N) is 1. The molecule has 0 bridgehead atoms. The summed E-state index contributed by atoms with van der Waals surface area (Å²) in [4.78, 5) is 25.1. The fraction of sp³-hybridized carbons (Fsp3) is 0.889. The summed E-state index contributed by atoms with van der Waals surface area (Å²) in [6.45, 7) is 4.07. The fourth-order valence-electron chi connectivity index (χ4n) is 0.963. The fourth-order valence-corrected chi connectivity index (χ4v) is 0.963. The third kappa shape index (κ3) is 10.7. The van der Waals surface area contributed by atoms with Gasteiger partial charge in [-0.15, -0.1) is 10.1 Å². The van der Waals surface area contributed by atoms with E-state index in [1.54, 1.807) is 0 Å². The SMILES string of the molecule is CC(C)(N)CCC(=O)NCCCO[N+](=O)[O-]. The first-order valence-electron chi connectivity index (χ1n) is 5.14. The quantitative estimate of drug-likeness (QED) is 0.354. The Morgan fingerprint density at radius 1 is 1.56 bits per heavy atom. The summed E-state index contributed by atoms with van der Waals surface area (Å²) in [6.07, 6.45) is 1.38. The molecule has 7 heteroatoms. The van der Waals surface area contributed by atoms with Gasteiger partial charge in [0.25, 0.3) is 5.09 Å². The second kappa shape index (κ2) is 7.00. The van der Waals surface area contributed by atoms with E-state index in [4.69, 9.17) is 5.73 Å². The molecule has 0 saturated carbocycles. The topological polar surface area (TPSA) is 107 Å². The lowest BCUT2D eigenvalue weighted by atomic mass is 10.00. The van der Waals surface area contributed by atoms with E-state index in [0.717, 1.165) is 0 Å². The van der Waals surface area contributed by atoms with E-state index in [2.05, 4.69) is 10.2 Å². The molecule has 1 amide bonds. The number of carbonyl (C=O) groups excluding carboxylic acids is 1. The van der Waals surface area contributed by atoms with Crippen molar-refractivity contribution >= 4 is 5.91 Å². The predicted molar refractivity (Wildman–Crippen MR) is 58.1 cm³/mol. The first-order valence-corrected chi connectivity index (χ1v) is 5.14. The summed E-state index contributed by atoms with van der Waals surface area (Å²) in [7, 11) is 0. The van der Waals surface area contributed by atoms with E-state index < -0.39 is 5.09 Å². The normalized spacial score (nSPS) is 10.9. The van der Waals surface area contributed by atoms with E-state index in [0.29, 0.717) is 25.8 Å². The monoisotopic (exact) mass is 233 g/mol. The summed E-state index contributed by atoms with van der Waals surface area (Å²) in [5, 5.41) is 11.6. The predicted octanol–water partition coefficient (Wildman–Crippen LogP) is 0.219. The highest BCUT2D eigenvalue weighted by atomic mass is 16.9. The lowest BCUT2D eigenvalue weighted by Gasteiger charge is -2.17. The van der Waals surface area contributed by atoms with Gasteiger partial charge in [-0.05, 0) is 26.7 Å². The molecule has 0 aromatic carbocycles. The molecule has 3 N–H and O–H groups in total. The second-order valence-corrected chi connectivity index (χ2v) is 4.25. The zero-order chi connectivity index (χ0) is 12.6. The average Bonchev–Trinajstić information content (AvgIpc) is 2.12. The molecule has 0 aliphatic rings. The van der Waals surface area contributed by atoms with E-state index >= 15 is 0 Å². The van der Waals surface area contributed by atoms with Crippen LogP contribution in [0.3, 0.4) is 0 Å². The summed E-state index contributed by atoms with van der Waals surface area (Å²) < 4.78 is 0. The lowest BCUT2D eigenvalue weighted by molar-refractivity contribution is -0.757. The number of hydrogen-bond donors (Lipinski definition) is 2. The molecule has 0 atom stereocenters. The number of nitrogens with one attached hydrogen (secondary N) is 1. The molecular weight excluding hydrogens is 214 g/mol. The first-order chi connectivity index (χ1) is 7.31. The van der Waals surface area contributed by atoms with E-state index in [1.807, 2.05) is 13.8 Å². The molecule has 94 valence electrons. The van der Waals surface area contributed by atoms with Gasteiger partial charge >= 0.3 is 0 Å². The molecule has 16 heavy (non-hydrogen) atoms. The zero-order valence-electron chi connectivity index (χ0n) is 9.69. The van der Waals surface area contributed by atoms with Crippen molar-refractivity contribution in [3.05, 3.63) is 10.1 Å². The van der Waals surface area contributed by atoms with Gasteiger partial charge in [-0.1, -0.05) is 0 Å². The van der Waals surface area contributed by atoms with Gasteiger partial charge < -0.3 is 15.9 Å². The van der Waals surface area contributed by atoms with Crippen LogP contribution < -0.4 is 11.1 Å². The van der Waals surface area contributed by atoms with Gasteiger partial charge in [0, 0.05) is 18.5 Å². The number of rotatable bonds is 8. The maximum absolute atomic E-state index is 11.2. The number of nitrogens with two attached hydrogens (primary N) is 1. The Bertz CT molecular complexity index is 237. The third-order valence-corrected chi connectivity index (χ3v) is 1.84. The van der Waals surface area contributed by atoms with Crippen molar-refractivity contribution in [1.29, 1.82) is 0 Å². The minimum atomic E-state index is -0.848. The molecule has 0 fully saturated rings. The molecule has 0 saturated heterocycles. The first kappa shape index (κ1) is 14.6. The van der Waals surface area contributed by atoms with Crippen LogP contribution in [0.1, 0.15) is 33.1 Å². The van der Waals surface area contributed by atoms with Gasteiger partial charge in [-0.3, -0.25) is 4.79 Å². The Morgan fingerprint density at radius 3 is 2.69 bits per heavy atom. The van der Waals surface area contributed by atoms with Gasteiger partial charge in [0.1, 0.15) is 0 Å². The molecule has 0 radical (unpaired) electrons. The van der Waals surface area contributed by atoms with Crippen LogP contribution in [0.15, 0.2) is 0 Å². The van der Waals surface area contributed by atoms with Crippen molar-refractivity contribution in [3.63, 3.8) is 0 Å². The largest absolute Gasteiger partial charge is 0.356 e. The van der Waals surface area contributed by atoms with Gasteiger partial charge in [0.05, 0.1) is 6.61 Å². The zero-order valence-corrected chi connectivity index (χ0v) is 9.69. The van der Waals surface area contributed by atoms with Crippen LogP contribution in [0.4, 0.5) is 0 Å². The minimum absolute atomic E-state index is 0.00430. The summed E-state index contributed by atoms with van der Waals surface area (Å²) >= 11 is 0. The highest BCUT2D eigenvalue weighted by Gasteiger charge is 2.12. The minimum Gasteiger partial charge on any atom is -0.356 e. The molecule has 0 heterocycles. The van der Waals surface area contributed by atoms with E-state index in [9.17, 15) is 14.9 Å². The standard InChI is InChI=1S/C9H19N3O4/c1-9(2,10)5-4-8(13)11-6-3-7-16-12(14)15/h3-7,10H2,1-2H3,(H,11,13). The Hall–Kier alpha value is -1.37. The third-order valence-electron chi connectivity index (χ3n) is 1.84. The molecule has 0 aromatic rings. The Labute approximate surface area is 94.4 Å². The van der Waals surface area contributed by atoms with Crippen molar-refractivity contribution < 1.29 is 14.7 Å². The maximum atomic E-state index is 11.2. The van der Waals surface area contributed by atoms with Gasteiger partial charge in [0.2, 0.25) is 5.91 Å². The summed E-state index contributed by atoms with van der Waals surface area (Å²) in [6, 6.07) is 0. The molecular formula is C9H19N3O4. The van der Waals surface area contributed by atoms with Crippen molar-refractivity contribution in [2.24, 2.45) is 5.73 Å². The van der Waals surface area contributed by atoms with Crippen LogP contribution in [-0.2, 0) is 9.63 Å². The Balaban J connectivity index is 3.41. The van der Waals surface area contributed by atoms with Crippen LogP contribution in [-0.4, -0.2) is 29.7 Å². The highest BCUT2D eigenvalue weighted by molar-refractivity contribution is 5.75. The van der Waals surface area contributed by atoms with Crippen LogP contribution in [0.5, 0.6) is 0 Å². The molecule has 7 nitrogen and oxygen atoms in total. The molecule has 0 spiro atoms. The van der Waals surface area contributed by atoms with Crippen molar-refractivity contribution in [2.75, 3.05) is 13.2 Å². The molecule has 0 aromatic heterocycles. The van der Waals surface area contributed by atoms with Gasteiger partial charge in [0.15, 0.2) is 0 Å². The van der Waals surface area contributed by atoms with Crippen LogP contribution in [0, 0.1) is 10.1 Å². The summed E-state index contributed by atoms with van der Waals surface area (Å²) in [5.74, 6) is -0.0976. The van der Waals surface area contributed by atoms with Crippen molar-refractivity contribution in [2.45, 2.75) is 38.6 Å². The number of hydrogen-bond acceptors (Lipinski definition) is 5. The number of carbonyl (C=O) groups is 1. The Morgan fingerprint density at radius 2 is 2.19 bits per heavy atom. The maximum Gasteiger partial charge on any atom is 0.294 e. The van der Waals surface area contributed by atoms with Crippen molar-refractivity contribution in [1.82, 2.24) is 5.32 Å². The van der Waals surface area contributed by atoms with Crippen LogP contribution in [0.25, 0.3) is 0 Å². The second-order valence-electron chi connectivity index (χ2n) is 4.25. The highest BCUT2D eigenvalue weighted by Crippen LogP contribution is 2.06. The average molecular weight is 233 g/mol. The molecule has 0 unspecified atom stereocenters. The van der Waals surface area contributed by atoms with E-state index in [-0.39, 0.29) is 18.1 Å².